The lowest BCUT2D eigenvalue weighted by Gasteiger charge is -2.16. The predicted molar refractivity (Wildman–Crippen MR) is 61.0 cm³/mol. The van der Waals surface area contributed by atoms with Crippen molar-refractivity contribution < 1.29 is 0 Å². The average molecular weight is 183 g/mol. The van der Waals surface area contributed by atoms with Gasteiger partial charge in [0, 0.05) is 6.04 Å². The molecule has 1 heteroatoms. The molecule has 0 bridgehead atoms. The van der Waals surface area contributed by atoms with Gasteiger partial charge in [0.1, 0.15) is 0 Å². The molecule has 0 amide bonds. The van der Waals surface area contributed by atoms with Gasteiger partial charge >= 0.3 is 0 Å². The molecular formula is C12H25N. The van der Waals surface area contributed by atoms with Gasteiger partial charge in [-0.15, -0.1) is 6.58 Å². The second-order valence-corrected chi connectivity index (χ2v) is 3.89. The third kappa shape index (κ3) is 8.04. The zero-order chi connectivity index (χ0) is 10.1. The number of allylic oxidation sites excluding steroid dienone is 1. The van der Waals surface area contributed by atoms with E-state index in [1.165, 1.54) is 37.7 Å². The molecule has 0 heterocycles. The highest BCUT2D eigenvalue weighted by Gasteiger charge is 2.04. The molecule has 0 aliphatic rings. The first-order chi connectivity index (χ1) is 6.20. The molecule has 1 atom stereocenters. The summed E-state index contributed by atoms with van der Waals surface area (Å²) in [5, 5.41) is 3.53. The molecule has 0 aromatic carbocycles. The van der Waals surface area contributed by atoms with E-state index in [2.05, 4.69) is 32.7 Å². The summed E-state index contributed by atoms with van der Waals surface area (Å²) in [6, 6.07) is 0.731. The monoisotopic (exact) mass is 183 g/mol. The van der Waals surface area contributed by atoms with Crippen LogP contribution in [0.1, 0.15) is 52.9 Å². The van der Waals surface area contributed by atoms with Crippen LogP contribution in [0.25, 0.3) is 0 Å². The van der Waals surface area contributed by atoms with Gasteiger partial charge in [0.15, 0.2) is 0 Å². The lowest BCUT2D eigenvalue weighted by molar-refractivity contribution is 0.447. The molecular weight excluding hydrogens is 158 g/mol. The fraction of sp³-hybridized carbons (Fsp3) is 0.833. The normalized spacial score (nSPS) is 12.8. The van der Waals surface area contributed by atoms with Crippen LogP contribution in [-0.2, 0) is 0 Å². The third-order valence-corrected chi connectivity index (χ3v) is 2.29. The number of hydrogen-bond donors (Lipinski definition) is 1. The zero-order valence-corrected chi connectivity index (χ0v) is 9.53. The minimum Gasteiger partial charge on any atom is -0.314 e. The third-order valence-electron chi connectivity index (χ3n) is 2.29. The Morgan fingerprint density at radius 2 is 2.00 bits per heavy atom. The van der Waals surface area contributed by atoms with Gasteiger partial charge in [0.2, 0.25) is 0 Å². The van der Waals surface area contributed by atoms with Crippen molar-refractivity contribution in [2.24, 2.45) is 0 Å². The number of hydrogen-bond acceptors (Lipinski definition) is 1. The van der Waals surface area contributed by atoms with Crippen LogP contribution >= 0.6 is 0 Å². The Balaban J connectivity index is 3.49. The van der Waals surface area contributed by atoms with Crippen molar-refractivity contribution in [3.05, 3.63) is 12.2 Å². The Morgan fingerprint density at radius 3 is 2.46 bits per heavy atom. The van der Waals surface area contributed by atoms with E-state index in [1.807, 2.05) is 0 Å². The van der Waals surface area contributed by atoms with Crippen LogP contribution in [0.5, 0.6) is 0 Å². The van der Waals surface area contributed by atoms with Crippen molar-refractivity contribution in [1.29, 1.82) is 0 Å². The SMILES string of the molecule is C=C(C)CCCC(CCC)NCC. The fourth-order valence-electron chi connectivity index (χ4n) is 1.64. The summed E-state index contributed by atoms with van der Waals surface area (Å²) < 4.78 is 0. The van der Waals surface area contributed by atoms with Crippen molar-refractivity contribution in [2.75, 3.05) is 6.54 Å². The highest BCUT2D eigenvalue weighted by atomic mass is 14.9. The first kappa shape index (κ1) is 12.7. The number of nitrogens with one attached hydrogen (secondary N) is 1. The summed E-state index contributed by atoms with van der Waals surface area (Å²) in [4.78, 5) is 0. The molecule has 0 rings (SSSR count). The molecule has 0 aliphatic heterocycles. The van der Waals surface area contributed by atoms with Crippen LogP contribution in [0.4, 0.5) is 0 Å². The molecule has 0 saturated heterocycles. The topological polar surface area (TPSA) is 12.0 Å². The van der Waals surface area contributed by atoms with Gasteiger partial charge in [-0.2, -0.15) is 0 Å². The van der Waals surface area contributed by atoms with Gasteiger partial charge in [0.05, 0.1) is 0 Å². The summed E-state index contributed by atoms with van der Waals surface area (Å²) in [7, 11) is 0. The van der Waals surface area contributed by atoms with E-state index in [1.54, 1.807) is 0 Å². The van der Waals surface area contributed by atoms with E-state index >= 15 is 0 Å². The molecule has 0 radical (unpaired) electrons. The van der Waals surface area contributed by atoms with E-state index in [4.69, 9.17) is 0 Å². The summed E-state index contributed by atoms with van der Waals surface area (Å²) in [6.07, 6.45) is 6.36. The Bertz CT molecular complexity index is 123. The summed E-state index contributed by atoms with van der Waals surface area (Å²) in [5.41, 5.74) is 1.31. The molecule has 0 spiro atoms. The molecule has 1 N–H and O–H groups in total. The number of rotatable bonds is 8. The highest BCUT2D eigenvalue weighted by molar-refractivity contribution is 4.87. The van der Waals surface area contributed by atoms with Crippen LogP contribution < -0.4 is 5.32 Å². The van der Waals surface area contributed by atoms with Gasteiger partial charge in [0.25, 0.3) is 0 Å². The van der Waals surface area contributed by atoms with Crippen molar-refractivity contribution in [3.63, 3.8) is 0 Å². The molecule has 0 aliphatic carbocycles. The van der Waals surface area contributed by atoms with E-state index in [0.717, 1.165) is 12.6 Å². The predicted octanol–water partition coefficient (Wildman–Crippen LogP) is 3.51. The Kier molecular flexibility index (Phi) is 8.11. The zero-order valence-electron chi connectivity index (χ0n) is 9.53. The second-order valence-electron chi connectivity index (χ2n) is 3.89. The maximum absolute atomic E-state index is 3.92. The summed E-state index contributed by atoms with van der Waals surface area (Å²) in [5.74, 6) is 0. The van der Waals surface area contributed by atoms with Crippen LogP contribution in [-0.4, -0.2) is 12.6 Å². The second kappa shape index (κ2) is 8.31. The molecule has 78 valence electrons. The van der Waals surface area contributed by atoms with Crippen LogP contribution in [0.2, 0.25) is 0 Å². The van der Waals surface area contributed by atoms with Gasteiger partial charge in [-0.1, -0.05) is 25.8 Å². The fourth-order valence-corrected chi connectivity index (χ4v) is 1.64. The first-order valence-electron chi connectivity index (χ1n) is 5.58. The minimum atomic E-state index is 0.731. The maximum Gasteiger partial charge on any atom is 0.00669 e. The van der Waals surface area contributed by atoms with Crippen LogP contribution in [0, 0.1) is 0 Å². The smallest absolute Gasteiger partial charge is 0.00669 e. The molecule has 1 nitrogen and oxygen atoms in total. The average Bonchev–Trinajstić information content (AvgIpc) is 2.04. The van der Waals surface area contributed by atoms with Gasteiger partial charge in [-0.05, 0) is 39.2 Å². The van der Waals surface area contributed by atoms with Crippen molar-refractivity contribution in [2.45, 2.75) is 58.9 Å². The molecule has 13 heavy (non-hydrogen) atoms. The van der Waals surface area contributed by atoms with E-state index < -0.39 is 0 Å². The lowest BCUT2D eigenvalue weighted by Crippen LogP contribution is -2.28. The Hall–Kier alpha value is -0.300. The van der Waals surface area contributed by atoms with Gasteiger partial charge < -0.3 is 5.32 Å². The molecule has 0 fully saturated rings. The van der Waals surface area contributed by atoms with Crippen LogP contribution in [0.15, 0.2) is 12.2 Å². The van der Waals surface area contributed by atoms with Crippen molar-refractivity contribution >= 4 is 0 Å². The van der Waals surface area contributed by atoms with Crippen molar-refractivity contribution in [1.82, 2.24) is 5.32 Å². The minimum absolute atomic E-state index is 0.731. The quantitative estimate of drug-likeness (QED) is 0.568. The summed E-state index contributed by atoms with van der Waals surface area (Å²) >= 11 is 0. The summed E-state index contributed by atoms with van der Waals surface area (Å²) in [6.45, 7) is 11.6. The van der Waals surface area contributed by atoms with Gasteiger partial charge in [-0.25, -0.2) is 0 Å². The van der Waals surface area contributed by atoms with Gasteiger partial charge in [-0.3, -0.25) is 0 Å². The van der Waals surface area contributed by atoms with E-state index in [-0.39, 0.29) is 0 Å². The largest absolute Gasteiger partial charge is 0.314 e. The molecule has 0 aromatic heterocycles. The van der Waals surface area contributed by atoms with E-state index in [0.29, 0.717) is 0 Å². The molecule has 0 saturated carbocycles. The molecule has 1 unspecified atom stereocenters. The van der Waals surface area contributed by atoms with E-state index in [9.17, 15) is 0 Å². The Labute approximate surface area is 83.6 Å². The standard InChI is InChI=1S/C12H25N/c1-5-8-12(13-6-2)10-7-9-11(3)4/h12-13H,3,5-10H2,1-2,4H3. The lowest BCUT2D eigenvalue weighted by atomic mass is 10.0. The molecule has 0 aromatic rings. The first-order valence-corrected chi connectivity index (χ1v) is 5.58. The van der Waals surface area contributed by atoms with Crippen molar-refractivity contribution in [3.8, 4) is 0 Å². The maximum atomic E-state index is 3.92. The van der Waals surface area contributed by atoms with Crippen LogP contribution in [0.3, 0.4) is 0 Å². The Morgan fingerprint density at radius 1 is 1.31 bits per heavy atom. The highest BCUT2D eigenvalue weighted by Crippen LogP contribution is 2.09.